The van der Waals surface area contributed by atoms with E-state index in [0.717, 1.165) is 5.39 Å². The van der Waals surface area contributed by atoms with Crippen LogP contribution in [0.4, 0.5) is 0 Å². The van der Waals surface area contributed by atoms with Crippen LogP contribution in [0.5, 0.6) is 5.75 Å². The van der Waals surface area contributed by atoms with E-state index >= 15 is 0 Å². The zero-order chi connectivity index (χ0) is 21.3. The predicted octanol–water partition coefficient (Wildman–Crippen LogP) is 3.67. The van der Waals surface area contributed by atoms with Crippen LogP contribution in [0.25, 0.3) is 11.0 Å². The highest BCUT2D eigenvalue weighted by Crippen LogP contribution is 2.40. The van der Waals surface area contributed by atoms with Crippen molar-refractivity contribution in [3.05, 3.63) is 77.3 Å². The van der Waals surface area contributed by atoms with Gasteiger partial charge in [-0.1, -0.05) is 30.3 Å². The third kappa shape index (κ3) is 3.33. The van der Waals surface area contributed by atoms with Crippen molar-refractivity contribution in [2.24, 2.45) is 0 Å². The van der Waals surface area contributed by atoms with Crippen LogP contribution in [0.2, 0.25) is 0 Å². The van der Waals surface area contributed by atoms with E-state index in [1.807, 2.05) is 18.2 Å². The Bertz CT molecular complexity index is 1110. The van der Waals surface area contributed by atoms with Crippen molar-refractivity contribution in [1.29, 1.82) is 0 Å². The van der Waals surface area contributed by atoms with Crippen LogP contribution in [0.15, 0.2) is 70.3 Å². The van der Waals surface area contributed by atoms with Crippen molar-refractivity contribution < 1.29 is 28.6 Å². The molecule has 7 heteroatoms. The number of amides is 1. The number of rotatable bonds is 7. The molecule has 3 aromatic rings. The number of nitrogens with zero attached hydrogens (tertiary/aromatic N) is 1. The summed E-state index contributed by atoms with van der Waals surface area (Å²) in [6, 6.07) is 15.1. The van der Waals surface area contributed by atoms with Crippen LogP contribution < -0.4 is 4.74 Å². The van der Waals surface area contributed by atoms with Crippen molar-refractivity contribution in [3.8, 4) is 5.75 Å². The Kier molecular flexibility index (Phi) is 5.29. The van der Waals surface area contributed by atoms with E-state index in [4.69, 9.17) is 13.9 Å². The number of aliphatic hydroxyl groups is 1. The van der Waals surface area contributed by atoms with Crippen molar-refractivity contribution in [2.75, 3.05) is 27.4 Å². The summed E-state index contributed by atoms with van der Waals surface area (Å²) in [6.07, 6.45) is 0. The summed E-state index contributed by atoms with van der Waals surface area (Å²) in [5, 5.41) is 11.4. The minimum atomic E-state index is -0.788. The van der Waals surface area contributed by atoms with E-state index in [-0.39, 0.29) is 24.5 Å². The summed E-state index contributed by atoms with van der Waals surface area (Å²) in [6.45, 7) is 0.462. The lowest BCUT2D eigenvalue weighted by Crippen LogP contribution is -2.34. The van der Waals surface area contributed by atoms with Crippen LogP contribution in [-0.4, -0.2) is 49.1 Å². The first-order valence-corrected chi connectivity index (χ1v) is 9.45. The molecule has 4 rings (SSSR count). The van der Waals surface area contributed by atoms with Gasteiger partial charge in [-0.3, -0.25) is 9.59 Å². The Labute approximate surface area is 173 Å². The first kappa shape index (κ1) is 19.7. The van der Waals surface area contributed by atoms with E-state index < -0.39 is 23.5 Å². The molecule has 0 fully saturated rings. The average molecular weight is 407 g/mol. The molecule has 0 saturated carbocycles. The molecule has 0 bridgehead atoms. The summed E-state index contributed by atoms with van der Waals surface area (Å²) in [5.41, 5.74) is 1.17. The second-order valence-corrected chi connectivity index (χ2v) is 6.91. The molecule has 0 aliphatic carbocycles. The Morgan fingerprint density at radius 1 is 1.13 bits per heavy atom. The number of para-hydroxylation sites is 1. The van der Waals surface area contributed by atoms with Crippen LogP contribution in [0.1, 0.15) is 22.2 Å². The fourth-order valence-electron chi connectivity index (χ4n) is 3.69. The molecule has 2 heterocycles. The number of Topliss-reactive ketones (excluding diaryl/α,β-unsaturated/α-hetero) is 1. The standard InChI is InChI=1S/C23H21NO6/c1-28-11-10-24-20(15-7-5-8-16(12-15)29-2)19(22(26)23(24)27)21(25)18-13-14-6-3-4-9-17(14)30-18/h3-9,12-13,20,26H,10-11H2,1-2H3. The van der Waals surface area contributed by atoms with Crippen LogP contribution in [0, 0.1) is 0 Å². The summed E-state index contributed by atoms with van der Waals surface area (Å²) >= 11 is 0. The van der Waals surface area contributed by atoms with Gasteiger partial charge in [0.05, 0.1) is 25.3 Å². The fraction of sp³-hybridized carbons (Fsp3) is 0.217. The number of hydrogen-bond acceptors (Lipinski definition) is 6. The normalized spacial score (nSPS) is 16.5. The van der Waals surface area contributed by atoms with Gasteiger partial charge in [0.25, 0.3) is 5.91 Å². The number of hydrogen-bond donors (Lipinski definition) is 1. The van der Waals surface area contributed by atoms with Crippen molar-refractivity contribution in [2.45, 2.75) is 6.04 Å². The molecule has 7 nitrogen and oxygen atoms in total. The summed E-state index contributed by atoms with van der Waals surface area (Å²) in [4.78, 5) is 27.6. The second-order valence-electron chi connectivity index (χ2n) is 6.91. The average Bonchev–Trinajstić information content (AvgIpc) is 3.31. The molecular formula is C23H21NO6. The number of benzene rings is 2. The Hall–Kier alpha value is -3.58. The zero-order valence-corrected chi connectivity index (χ0v) is 16.6. The van der Waals surface area contributed by atoms with E-state index in [1.54, 1.807) is 36.4 Å². The zero-order valence-electron chi connectivity index (χ0n) is 16.6. The van der Waals surface area contributed by atoms with Gasteiger partial charge in [-0.05, 0) is 29.8 Å². The fourth-order valence-corrected chi connectivity index (χ4v) is 3.69. The number of fused-ring (bicyclic) bond motifs is 1. The molecule has 1 amide bonds. The van der Waals surface area contributed by atoms with Crippen molar-refractivity contribution >= 4 is 22.7 Å². The number of carbonyl (C=O) groups excluding carboxylic acids is 2. The third-order valence-corrected chi connectivity index (χ3v) is 5.14. The van der Waals surface area contributed by atoms with E-state index in [1.165, 1.54) is 19.1 Å². The number of furan rings is 1. The summed E-state index contributed by atoms with van der Waals surface area (Å²) in [7, 11) is 3.06. The molecule has 30 heavy (non-hydrogen) atoms. The molecule has 1 aromatic heterocycles. The topological polar surface area (TPSA) is 89.2 Å². The smallest absolute Gasteiger partial charge is 0.290 e. The molecule has 1 aliphatic heterocycles. The maximum atomic E-state index is 13.4. The van der Waals surface area contributed by atoms with Gasteiger partial charge in [0.15, 0.2) is 11.5 Å². The molecule has 0 spiro atoms. The number of carbonyl (C=O) groups is 2. The first-order chi connectivity index (χ1) is 14.5. The summed E-state index contributed by atoms with van der Waals surface area (Å²) in [5.74, 6) is -1.10. The molecule has 1 atom stereocenters. The molecule has 1 unspecified atom stereocenters. The van der Waals surface area contributed by atoms with Crippen LogP contribution >= 0.6 is 0 Å². The van der Waals surface area contributed by atoms with Crippen molar-refractivity contribution in [3.63, 3.8) is 0 Å². The molecular weight excluding hydrogens is 386 g/mol. The monoisotopic (exact) mass is 407 g/mol. The number of methoxy groups -OCH3 is 2. The van der Waals surface area contributed by atoms with Gasteiger partial charge in [0, 0.05) is 19.0 Å². The first-order valence-electron chi connectivity index (χ1n) is 9.45. The highest BCUT2D eigenvalue weighted by Gasteiger charge is 2.44. The summed E-state index contributed by atoms with van der Waals surface area (Å²) < 4.78 is 16.1. The number of ether oxygens (including phenoxy) is 2. The lowest BCUT2D eigenvalue weighted by molar-refractivity contribution is -0.130. The predicted molar refractivity (Wildman–Crippen MR) is 110 cm³/mol. The van der Waals surface area contributed by atoms with Gasteiger partial charge in [-0.15, -0.1) is 0 Å². The molecule has 1 N–H and O–H groups in total. The van der Waals surface area contributed by atoms with Gasteiger partial charge in [-0.25, -0.2) is 0 Å². The van der Waals surface area contributed by atoms with Gasteiger partial charge in [0.1, 0.15) is 11.3 Å². The van der Waals surface area contributed by atoms with Crippen LogP contribution in [-0.2, 0) is 9.53 Å². The van der Waals surface area contributed by atoms with Gasteiger partial charge >= 0.3 is 0 Å². The Balaban J connectivity index is 1.81. The van der Waals surface area contributed by atoms with Crippen LogP contribution in [0.3, 0.4) is 0 Å². The number of ketones is 1. The van der Waals surface area contributed by atoms with E-state index in [9.17, 15) is 14.7 Å². The van der Waals surface area contributed by atoms with E-state index in [2.05, 4.69) is 0 Å². The lowest BCUT2D eigenvalue weighted by atomic mass is 9.95. The quantitative estimate of drug-likeness (QED) is 0.601. The number of aliphatic hydroxyl groups excluding tert-OH is 1. The highest BCUT2D eigenvalue weighted by atomic mass is 16.5. The molecule has 0 saturated heterocycles. The van der Waals surface area contributed by atoms with Gasteiger partial charge < -0.3 is 23.9 Å². The molecule has 154 valence electrons. The highest BCUT2D eigenvalue weighted by molar-refractivity contribution is 6.16. The van der Waals surface area contributed by atoms with Crippen molar-refractivity contribution in [1.82, 2.24) is 4.90 Å². The molecule has 0 radical (unpaired) electrons. The van der Waals surface area contributed by atoms with Gasteiger partial charge in [0.2, 0.25) is 5.78 Å². The SMILES string of the molecule is COCCN1C(=O)C(O)=C(C(=O)c2cc3ccccc3o2)C1c1cccc(OC)c1. The molecule has 2 aromatic carbocycles. The minimum Gasteiger partial charge on any atom is -0.503 e. The second kappa shape index (κ2) is 8.04. The Morgan fingerprint density at radius 3 is 2.67 bits per heavy atom. The van der Waals surface area contributed by atoms with Gasteiger partial charge in [-0.2, -0.15) is 0 Å². The minimum absolute atomic E-state index is 0.0246. The lowest BCUT2D eigenvalue weighted by Gasteiger charge is -2.26. The maximum Gasteiger partial charge on any atom is 0.290 e. The van der Waals surface area contributed by atoms with E-state index in [0.29, 0.717) is 16.9 Å². The Morgan fingerprint density at radius 2 is 1.93 bits per heavy atom. The molecule has 1 aliphatic rings. The maximum absolute atomic E-state index is 13.4. The largest absolute Gasteiger partial charge is 0.503 e. The third-order valence-electron chi connectivity index (χ3n) is 5.14.